The van der Waals surface area contributed by atoms with Crippen molar-refractivity contribution >= 4 is 23.4 Å². The highest BCUT2D eigenvalue weighted by Crippen LogP contribution is 2.31. The van der Waals surface area contributed by atoms with Crippen LogP contribution in [-0.2, 0) is 18.6 Å². The number of nitrogens with one attached hydrogen (secondary N) is 3. The maximum atomic E-state index is 13.8. The zero-order valence-corrected chi connectivity index (χ0v) is 22.3. The van der Waals surface area contributed by atoms with Crippen molar-refractivity contribution in [2.24, 2.45) is 12.0 Å². The van der Waals surface area contributed by atoms with Crippen molar-refractivity contribution in [2.45, 2.75) is 32.4 Å². The molecule has 40 heavy (non-hydrogen) atoms. The fourth-order valence-corrected chi connectivity index (χ4v) is 3.77. The maximum Gasteiger partial charge on any atom is 0.435 e. The highest BCUT2D eigenvalue weighted by atomic mass is 19.4. The van der Waals surface area contributed by atoms with Crippen molar-refractivity contribution in [1.82, 2.24) is 25.3 Å². The van der Waals surface area contributed by atoms with Crippen LogP contribution in [0.25, 0.3) is 11.3 Å². The van der Waals surface area contributed by atoms with Crippen LogP contribution in [0.4, 0.5) is 29.1 Å². The third kappa shape index (κ3) is 6.47. The Morgan fingerprint density at radius 2 is 1.77 bits per heavy atom. The molecule has 0 bridgehead atoms. The number of aliphatic imine (C=N–C) groups is 1. The average Bonchev–Trinajstić information content (AvgIpc) is 3.51. The van der Waals surface area contributed by atoms with Crippen molar-refractivity contribution in [3.05, 3.63) is 77.4 Å². The van der Waals surface area contributed by atoms with Crippen LogP contribution >= 0.6 is 0 Å². The largest absolute Gasteiger partial charge is 0.494 e. The third-order valence-corrected chi connectivity index (χ3v) is 5.84. The number of benzene rings is 2. The Morgan fingerprint density at radius 3 is 2.40 bits per heavy atom. The fraction of sp³-hybridized carbons (Fsp3) is 0.259. The lowest BCUT2D eigenvalue weighted by Crippen LogP contribution is -2.36. The van der Waals surface area contributed by atoms with Gasteiger partial charge in [-0.2, -0.15) is 28.4 Å². The molecule has 2 aromatic carbocycles. The van der Waals surface area contributed by atoms with E-state index in [4.69, 9.17) is 4.74 Å². The standard InChI is InChI=1S/C27H27F4N7O2/c1-26(2,3)16-7-9-17(10-8-16)32-25(34-24(39)18-14-38(4)37-23(18)27(29,30)31)33-22-13-20(35-36-22)15-6-11-19(28)21(12-15)40-5/h6-14H,1-5H3,(H3,32,33,34,35,36,39). The minimum atomic E-state index is -4.84. The van der Waals surface area contributed by atoms with Gasteiger partial charge in [-0.15, -0.1) is 0 Å². The summed E-state index contributed by atoms with van der Waals surface area (Å²) in [5, 5.41) is 15.6. The topological polar surface area (TPSA) is 109 Å². The summed E-state index contributed by atoms with van der Waals surface area (Å²) in [5.74, 6) is -1.67. The molecule has 0 saturated heterocycles. The highest BCUT2D eigenvalue weighted by molar-refractivity contribution is 6.11. The smallest absolute Gasteiger partial charge is 0.435 e. The van der Waals surface area contributed by atoms with Crippen LogP contribution in [0.2, 0.25) is 0 Å². The van der Waals surface area contributed by atoms with Gasteiger partial charge in [0.1, 0.15) is 0 Å². The number of halogens is 4. The van der Waals surface area contributed by atoms with Gasteiger partial charge in [0.15, 0.2) is 23.1 Å². The SMILES string of the molecule is COc1cc(-c2cc(N=C(NC(=O)c3cn(C)nc3C(F)(F)F)Nc3ccc(C(C)(C)C)cc3)n[nH]2)ccc1F. The van der Waals surface area contributed by atoms with E-state index in [0.29, 0.717) is 16.9 Å². The van der Waals surface area contributed by atoms with E-state index in [9.17, 15) is 22.4 Å². The summed E-state index contributed by atoms with van der Waals surface area (Å²) in [6.07, 6.45) is -3.86. The van der Waals surface area contributed by atoms with Gasteiger partial charge in [0.05, 0.1) is 18.4 Å². The molecule has 2 aromatic heterocycles. The van der Waals surface area contributed by atoms with Gasteiger partial charge in [0.25, 0.3) is 5.91 Å². The van der Waals surface area contributed by atoms with E-state index in [0.717, 1.165) is 16.4 Å². The minimum Gasteiger partial charge on any atom is -0.494 e. The van der Waals surface area contributed by atoms with E-state index >= 15 is 0 Å². The first-order valence-corrected chi connectivity index (χ1v) is 12.0. The van der Waals surface area contributed by atoms with Gasteiger partial charge in [0, 0.05) is 30.6 Å². The minimum absolute atomic E-state index is 0.0300. The molecule has 0 unspecified atom stereocenters. The second-order valence-corrected chi connectivity index (χ2v) is 9.92. The molecule has 1 amide bonds. The molecule has 0 fully saturated rings. The first kappa shape index (κ1) is 28.3. The summed E-state index contributed by atoms with van der Waals surface area (Å²) in [6, 6.07) is 13.0. The van der Waals surface area contributed by atoms with Crippen molar-refractivity contribution in [2.75, 3.05) is 12.4 Å². The summed E-state index contributed by atoms with van der Waals surface area (Å²) in [7, 11) is 2.62. The maximum absolute atomic E-state index is 13.8. The van der Waals surface area contributed by atoms with Crippen LogP contribution in [0, 0.1) is 5.82 Å². The number of hydrogen-bond donors (Lipinski definition) is 3. The zero-order valence-electron chi connectivity index (χ0n) is 22.3. The number of carbonyl (C=O) groups is 1. The molecule has 0 aliphatic carbocycles. The van der Waals surface area contributed by atoms with Gasteiger partial charge in [-0.3, -0.25) is 19.9 Å². The first-order chi connectivity index (χ1) is 18.7. The monoisotopic (exact) mass is 557 g/mol. The number of nitrogens with zero attached hydrogens (tertiary/aromatic N) is 4. The Kier molecular flexibility index (Phi) is 7.67. The number of amides is 1. The zero-order chi connectivity index (χ0) is 29.2. The second kappa shape index (κ2) is 10.8. The Labute approximate surface area is 227 Å². The van der Waals surface area contributed by atoms with Crippen LogP contribution in [0.5, 0.6) is 5.75 Å². The van der Waals surface area contributed by atoms with Gasteiger partial charge in [-0.1, -0.05) is 32.9 Å². The fourth-order valence-electron chi connectivity index (χ4n) is 3.77. The molecule has 3 N–H and O–H groups in total. The number of aromatic nitrogens is 4. The number of aryl methyl sites for hydroxylation is 1. The number of aromatic amines is 1. The molecular formula is C27H27F4N7O2. The lowest BCUT2D eigenvalue weighted by atomic mass is 9.87. The van der Waals surface area contributed by atoms with Gasteiger partial charge < -0.3 is 10.1 Å². The van der Waals surface area contributed by atoms with E-state index in [2.05, 4.69) is 51.7 Å². The number of methoxy groups -OCH3 is 1. The lowest BCUT2D eigenvalue weighted by Gasteiger charge is -2.19. The molecule has 0 saturated carbocycles. The van der Waals surface area contributed by atoms with Gasteiger partial charge >= 0.3 is 6.18 Å². The van der Waals surface area contributed by atoms with Gasteiger partial charge in [-0.05, 0) is 41.3 Å². The molecule has 2 heterocycles. The summed E-state index contributed by atoms with van der Waals surface area (Å²) >= 11 is 0. The van der Waals surface area contributed by atoms with Crippen LogP contribution < -0.4 is 15.4 Å². The van der Waals surface area contributed by atoms with E-state index in [-0.39, 0.29) is 22.9 Å². The number of anilines is 1. The van der Waals surface area contributed by atoms with Crippen molar-refractivity contribution < 1.29 is 27.1 Å². The third-order valence-electron chi connectivity index (χ3n) is 5.84. The number of rotatable bonds is 5. The molecule has 0 radical (unpaired) electrons. The predicted octanol–water partition coefficient (Wildman–Crippen LogP) is 5.80. The number of alkyl halides is 3. The predicted molar refractivity (Wildman–Crippen MR) is 142 cm³/mol. The molecule has 9 nitrogen and oxygen atoms in total. The highest BCUT2D eigenvalue weighted by Gasteiger charge is 2.39. The number of guanidine groups is 1. The molecular weight excluding hydrogens is 530 g/mol. The summed E-state index contributed by atoms with van der Waals surface area (Å²) in [4.78, 5) is 17.3. The Hall–Kier alpha value is -4.68. The lowest BCUT2D eigenvalue weighted by molar-refractivity contribution is -0.141. The Bertz CT molecular complexity index is 1550. The number of H-pyrrole nitrogens is 1. The van der Waals surface area contributed by atoms with Crippen LogP contribution in [0.15, 0.2) is 59.7 Å². The van der Waals surface area contributed by atoms with Crippen molar-refractivity contribution in [3.63, 3.8) is 0 Å². The second-order valence-electron chi connectivity index (χ2n) is 9.92. The molecule has 0 spiro atoms. The molecule has 0 atom stereocenters. The number of ether oxygens (including phenoxy) is 1. The Balaban J connectivity index is 1.68. The van der Waals surface area contributed by atoms with Crippen molar-refractivity contribution in [3.8, 4) is 17.0 Å². The summed E-state index contributed by atoms with van der Waals surface area (Å²) < 4.78 is 60.2. The quantitative estimate of drug-likeness (QED) is 0.163. The van der Waals surface area contributed by atoms with Crippen LogP contribution in [-0.4, -0.2) is 39.0 Å². The molecule has 0 aliphatic heterocycles. The van der Waals surface area contributed by atoms with Gasteiger partial charge in [-0.25, -0.2) is 4.39 Å². The molecule has 13 heteroatoms. The van der Waals surface area contributed by atoms with E-state index in [1.807, 2.05) is 12.1 Å². The van der Waals surface area contributed by atoms with E-state index in [1.54, 1.807) is 12.1 Å². The summed E-state index contributed by atoms with van der Waals surface area (Å²) in [6.45, 7) is 6.17. The van der Waals surface area contributed by atoms with Gasteiger partial charge in [0.2, 0.25) is 5.96 Å². The first-order valence-electron chi connectivity index (χ1n) is 12.0. The molecule has 0 aliphatic rings. The van der Waals surface area contributed by atoms with Crippen LogP contribution in [0.3, 0.4) is 0 Å². The summed E-state index contributed by atoms with van der Waals surface area (Å²) in [5.41, 5.74) is 0.484. The number of hydrogen-bond acceptors (Lipinski definition) is 5. The van der Waals surface area contributed by atoms with E-state index < -0.39 is 29.2 Å². The molecule has 4 rings (SSSR count). The normalized spacial score (nSPS) is 12.4. The number of carbonyl (C=O) groups excluding carboxylic acids is 1. The van der Waals surface area contributed by atoms with Crippen molar-refractivity contribution in [1.29, 1.82) is 0 Å². The molecule has 4 aromatic rings. The van der Waals surface area contributed by atoms with Crippen LogP contribution in [0.1, 0.15) is 42.4 Å². The average molecular weight is 558 g/mol. The molecule has 210 valence electrons. The Morgan fingerprint density at radius 1 is 1.07 bits per heavy atom. The van der Waals surface area contributed by atoms with E-state index in [1.165, 1.54) is 38.4 Å².